The van der Waals surface area contributed by atoms with E-state index in [0.717, 1.165) is 26.2 Å². The van der Waals surface area contributed by atoms with Crippen molar-refractivity contribution in [2.24, 2.45) is 0 Å². The van der Waals surface area contributed by atoms with E-state index >= 15 is 0 Å². The van der Waals surface area contributed by atoms with Crippen LogP contribution in [0.4, 0.5) is 0 Å². The van der Waals surface area contributed by atoms with E-state index in [2.05, 4.69) is 63.9 Å². The van der Waals surface area contributed by atoms with Crippen molar-refractivity contribution in [2.75, 3.05) is 19.7 Å². The van der Waals surface area contributed by atoms with Gasteiger partial charge in [-0.1, -0.05) is 60.7 Å². The van der Waals surface area contributed by atoms with Crippen molar-refractivity contribution in [3.05, 3.63) is 71.8 Å². The number of hydrogen-bond acceptors (Lipinski definition) is 4. The monoisotopic (exact) mass is 328 g/mol. The van der Waals surface area contributed by atoms with Crippen molar-refractivity contribution in [3.8, 4) is 0 Å². The van der Waals surface area contributed by atoms with Crippen LogP contribution in [0.2, 0.25) is 0 Å². The molecule has 0 saturated carbocycles. The average molecular weight is 328 g/mol. The van der Waals surface area contributed by atoms with Gasteiger partial charge in [0.25, 0.3) is 0 Å². The minimum atomic E-state index is -0.211. The first-order valence-corrected chi connectivity index (χ1v) is 8.35. The molecule has 130 valence electrons. The van der Waals surface area contributed by atoms with E-state index in [1.165, 1.54) is 18.1 Å². The maximum Gasteiger partial charge on any atom is 0.302 e. The van der Waals surface area contributed by atoms with E-state index in [4.69, 9.17) is 0 Å². The molecule has 4 nitrogen and oxygen atoms in total. The fraction of sp³-hybridized carbons (Fsp3) is 0.350. The first kappa shape index (κ1) is 19.9. The molecule has 0 aromatic heterocycles. The van der Waals surface area contributed by atoms with Crippen LogP contribution in [0, 0.1) is 0 Å². The highest BCUT2D eigenvalue weighted by Gasteiger charge is 1.92. The first-order chi connectivity index (χ1) is 11.7. The van der Waals surface area contributed by atoms with Crippen LogP contribution in [0.25, 0.3) is 0 Å². The highest BCUT2D eigenvalue weighted by atomic mass is 16.5. The molecule has 0 saturated heterocycles. The molecule has 0 atom stereocenters. The topological polar surface area (TPSA) is 50.4 Å². The summed E-state index contributed by atoms with van der Waals surface area (Å²) < 4.78 is 4.40. The molecule has 0 radical (unpaired) electrons. The lowest BCUT2D eigenvalue weighted by Crippen LogP contribution is -2.26. The Morgan fingerprint density at radius 3 is 1.54 bits per heavy atom. The van der Waals surface area contributed by atoms with Crippen LogP contribution in [-0.4, -0.2) is 25.7 Å². The summed E-state index contributed by atoms with van der Waals surface area (Å²) in [4.78, 5) is 9.82. The minimum Gasteiger partial charge on any atom is -0.466 e. The Bertz CT molecular complexity index is 501. The summed E-state index contributed by atoms with van der Waals surface area (Å²) in [6.07, 6.45) is 0. The van der Waals surface area contributed by atoms with Crippen LogP contribution < -0.4 is 10.6 Å². The zero-order valence-corrected chi connectivity index (χ0v) is 14.6. The molecule has 2 aromatic carbocycles. The molecule has 2 N–H and O–H groups in total. The van der Waals surface area contributed by atoms with Crippen LogP contribution in [0.5, 0.6) is 0 Å². The molecule has 0 fully saturated rings. The van der Waals surface area contributed by atoms with Crippen molar-refractivity contribution >= 4 is 5.97 Å². The number of carbonyl (C=O) groups excluding carboxylic acids is 1. The van der Waals surface area contributed by atoms with Crippen LogP contribution >= 0.6 is 0 Å². The van der Waals surface area contributed by atoms with E-state index in [-0.39, 0.29) is 5.97 Å². The first-order valence-electron chi connectivity index (χ1n) is 8.35. The van der Waals surface area contributed by atoms with Crippen molar-refractivity contribution in [3.63, 3.8) is 0 Å². The summed E-state index contributed by atoms with van der Waals surface area (Å²) in [6, 6.07) is 21.0. The van der Waals surface area contributed by atoms with Gasteiger partial charge >= 0.3 is 5.97 Å². The second-order valence-electron chi connectivity index (χ2n) is 5.25. The quantitative estimate of drug-likeness (QED) is 0.577. The molecule has 2 aromatic rings. The molecule has 0 aliphatic carbocycles. The fourth-order valence-corrected chi connectivity index (χ4v) is 2.04. The predicted molar refractivity (Wildman–Crippen MR) is 98.6 cm³/mol. The predicted octanol–water partition coefficient (Wildman–Crippen LogP) is 3.14. The van der Waals surface area contributed by atoms with Gasteiger partial charge in [0.15, 0.2) is 0 Å². The Balaban J connectivity index is 0.000000413. The molecule has 0 aliphatic rings. The fourth-order valence-electron chi connectivity index (χ4n) is 2.04. The van der Waals surface area contributed by atoms with Crippen LogP contribution in [0.1, 0.15) is 25.0 Å². The summed E-state index contributed by atoms with van der Waals surface area (Å²) in [5.74, 6) is -0.211. The lowest BCUT2D eigenvalue weighted by atomic mass is 10.2. The van der Waals surface area contributed by atoms with E-state index in [9.17, 15) is 4.79 Å². The largest absolute Gasteiger partial charge is 0.466 e. The normalized spacial score (nSPS) is 9.75. The van der Waals surface area contributed by atoms with Crippen molar-refractivity contribution < 1.29 is 9.53 Å². The van der Waals surface area contributed by atoms with Gasteiger partial charge in [0.2, 0.25) is 0 Å². The van der Waals surface area contributed by atoms with Crippen LogP contribution in [0.15, 0.2) is 60.7 Å². The second kappa shape index (κ2) is 13.3. The lowest BCUT2D eigenvalue weighted by molar-refractivity contribution is -0.140. The number of ether oxygens (including phenoxy) is 1. The van der Waals surface area contributed by atoms with Crippen LogP contribution in [-0.2, 0) is 22.6 Å². The molecular formula is C20H28N2O2. The molecule has 0 unspecified atom stereocenters. The Labute approximate surface area is 145 Å². The zero-order valence-electron chi connectivity index (χ0n) is 14.6. The molecule has 0 amide bonds. The summed E-state index contributed by atoms with van der Waals surface area (Å²) in [6.45, 7) is 7.51. The third kappa shape index (κ3) is 10.5. The summed E-state index contributed by atoms with van der Waals surface area (Å²) in [7, 11) is 0. The number of carbonyl (C=O) groups is 1. The van der Waals surface area contributed by atoms with Crippen LogP contribution in [0.3, 0.4) is 0 Å². The maximum absolute atomic E-state index is 9.82. The van der Waals surface area contributed by atoms with Gasteiger partial charge in [0, 0.05) is 33.1 Å². The highest BCUT2D eigenvalue weighted by Crippen LogP contribution is 1.97. The Kier molecular flexibility index (Phi) is 11.0. The summed E-state index contributed by atoms with van der Waals surface area (Å²) in [5.41, 5.74) is 2.67. The molecule has 24 heavy (non-hydrogen) atoms. The molecule has 0 heterocycles. The van der Waals surface area contributed by atoms with Gasteiger partial charge in [0.1, 0.15) is 0 Å². The van der Waals surface area contributed by atoms with Crippen molar-refractivity contribution in [1.82, 2.24) is 10.6 Å². The van der Waals surface area contributed by atoms with E-state index < -0.39 is 0 Å². The third-order valence-electron chi connectivity index (χ3n) is 3.17. The van der Waals surface area contributed by atoms with Gasteiger partial charge in [-0.3, -0.25) is 4.79 Å². The maximum atomic E-state index is 9.82. The van der Waals surface area contributed by atoms with E-state index in [1.807, 2.05) is 12.1 Å². The Hall–Kier alpha value is -2.17. The second-order valence-corrected chi connectivity index (χ2v) is 5.25. The Morgan fingerprint density at radius 1 is 0.833 bits per heavy atom. The van der Waals surface area contributed by atoms with E-state index in [0.29, 0.717) is 6.61 Å². The number of hydrogen-bond donors (Lipinski definition) is 2. The minimum absolute atomic E-state index is 0.211. The molecule has 2 rings (SSSR count). The van der Waals surface area contributed by atoms with Crippen molar-refractivity contribution in [2.45, 2.75) is 26.9 Å². The van der Waals surface area contributed by atoms with Gasteiger partial charge in [-0.25, -0.2) is 0 Å². The zero-order chi connectivity index (χ0) is 17.5. The highest BCUT2D eigenvalue weighted by molar-refractivity contribution is 5.65. The molecule has 0 aliphatic heterocycles. The summed E-state index contributed by atoms with van der Waals surface area (Å²) >= 11 is 0. The average Bonchev–Trinajstić information content (AvgIpc) is 2.60. The van der Waals surface area contributed by atoms with Gasteiger partial charge in [-0.2, -0.15) is 0 Å². The number of rotatable bonds is 8. The smallest absolute Gasteiger partial charge is 0.302 e. The van der Waals surface area contributed by atoms with E-state index in [1.54, 1.807) is 6.92 Å². The molecular weight excluding hydrogens is 300 g/mol. The Morgan fingerprint density at radius 2 is 1.25 bits per heavy atom. The van der Waals surface area contributed by atoms with Gasteiger partial charge in [0.05, 0.1) is 6.61 Å². The van der Waals surface area contributed by atoms with Gasteiger partial charge in [-0.05, 0) is 18.1 Å². The SMILES string of the molecule is CCOC(C)=O.c1ccc(CNCCNCc2ccccc2)cc1. The standard InChI is InChI=1S/C16H20N2.C4H8O2/c1-3-7-15(8-4-1)13-17-11-12-18-14-16-9-5-2-6-10-16;1-3-6-4(2)5/h1-10,17-18H,11-14H2;3H2,1-2H3. The third-order valence-corrected chi connectivity index (χ3v) is 3.17. The van der Waals surface area contributed by atoms with Crippen molar-refractivity contribution in [1.29, 1.82) is 0 Å². The number of nitrogens with one attached hydrogen (secondary N) is 2. The number of benzene rings is 2. The summed E-state index contributed by atoms with van der Waals surface area (Å²) in [5, 5.41) is 6.85. The molecule has 0 spiro atoms. The van der Waals surface area contributed by atoms with Gasteiger partial charge in [-0.15, -0.1) is 0 Å². The number of esters is 1. The van der Waals surface area contributed by atoms with Gasteiger partial charge < -0.3 is 15.4 Å². The lowest BCUT2D eigenvalue weighted by Gasteiger charge is -2.06. The molecule has 0 bridgehead atoms. The molecule has 4 heteroatoms.